The number of halogens is 1. The number of hydrogen-bond donors (Lipinski definition) is 0. The third-order valence-electron chi connectivity index (χ3n) is 4.50. The van der Waals surface area contributed by atoms with Crippen molar-refractivity contribution in [1.82, 2.24) is 0 Å². The van der Waals surface area contributed by atoms with E-state index in [2.05, 4.69) is 0 Å². The fourth-order valence-corrected chi connectivity index (χ4v) is 4.45. The highest BCUT2D eigenvalue weighted by atomic mass is 35.5. The number of allylic oxidation sites excluding steroid dienone is 1. The van der Waals surface area contributed by atoms with Crippen LogP contribution in [0.15, 0.2) is 17.0 Å². The molecule has 128 valence electrons. The van der Waals surface area contributed by atoms with Gasteiger partial charge in [0.05, 0.1) is 14.2 Å². The molecule has 1 aromatic rings. The second-order valence-corrected chi connectivity index (χ2v) is 6.98. The van der Waals surface area contributed by atoms with Crippen LogP contribution in [0.1, 0.15) is 23.7 Å². The summed E-state index contributed by atoms with van der Waals surface area (Å²) < 4.78 is 16.7. The monoisotopic (exact) mass is 368 g/mol. The third-order valence-corrected chi connectivity index (χ3v) is 5.72. The van der Waals surface area contributed by atoms with Crippen molar-refractivity contribution in [2.75, 3.05) is 20.5 Å². The standard InChI is InChI=1S/C17H17ClO5S/c1-8-5-9(19)6-12(24-4)17(8)16(20)13-10(21-2)7-11(22-3)14(18)15(13)23-17/h6-8H,5H2,1-4H3/t8-,17+/m0/s1. The summed E-state index contributed by atoms with van der Waals surface area (Å²) in [5.41, 5.74) is -0.941. The average Bonchev–Trinajstić information content (AvgIpc) is 2.87. The van der Waals surface area contributed by atoms with Gasteiger partial charge in [0.2, 0.25) is 11.4 Å². The average molecular weight is 369 g/mol. The van der Waals surface area contributed by atoms with Gasteiger partial charge < -0.3 is 14.2 Å². The molecule has 5 nitrogen and oxygen atoms in total. The van der Waals surface area contributed by atoms with Crippen molar-refractivity contribution in [3.05, 3.63) is 27.6 Å². The van der Waals surface area contributed by atoms with E-state index in [9.17, 15) is 9.59 Å². The zero-order valence-electron chi connectivity index (χ0n) is 13.8. The summed E-state index contributed by atoms with van der Waals surface area (Å²) in [7, 11) is 2.95. The van der Waals surface area contributed by atoms with Crippen LogP contribution < -0.4 is 14.2 Å². The van der Waals surface area contributed by atoms with E-state index in [1.807, 2.05) is 13.2 Å². The topological polar surface area (TPSA) is 61.8 Å². The number of hydrogen-bond acceptors (Lipinski definition) is 6. The molecular formula is C17H17ClO5S. The van der Waals surface area contributed by atoms with Crippen LogP contribution in [-0.2, 0) is 4.79 Å². The molecule has 1 aromatic carbocycles. The van der Waals surface area contributed by atoms with E-state index >= 15 is 0 Å². The predicted molar refractivity (Wildman–Crippen MR) is 92.6 cm³/mol. The lowest BCUT2D eigenvalue weighted by Gasteiger charge is -2.37. The highest BCUT2D eigenvalue weighted by Crippen LogP contribution is 2.55. The van der Waals surface area contributed by atoms with Gasteiger partial charge in [0, 0.05) is 23.3 Å². The summed E-state index contributed by atoms with van der Waals surface area (Å²) in [6.07, 6.45) is 3.55. The van der Waals surface area contributed by atoms with Crippen molar-refractivity contribution < 1.29 is 23.8 Å². The van der Waals surface area contributed by atoms with E-state index in [-0.39, 0.29) is 34.7 Å². The first-order chi connectivity index (χ1) is 11.4. The van der Waals surface area contributed by atoms with Crippen LogP contribution in [0.2, 0.25) is 5.02 Å². The second kappa shape index (κ2) is 6.01. The van der Waals surface area contributed by atoms with E-state index < -0.39 is 5.60 Å². The molecule has 0 bridgehead atoms. The van der Waals surface area contributed by atoms with Crippen LogP contribution in [0.3, 0.4) is 0 Å². The molecule has 2 atom stereocenters. The minimum Gasteiger partial charge on any atom is -0.496 e. The highest BCUT2D eigenvalue weighted by Gasteiger charge is 2.58. The van der Waals surface area contributed by atoms with E-state index in [0.29, 0.717) is 22.0 Å². The Kier molecular flexibility index (Phi) is 4.30. The van der Waals surface area contributed by atoms with Gasteiger partial charge in [-0.1, -0.05) is 18.5 Å². The lowest BCUT2D eigenvalue weighted by atomic mass is 9.77. The Hall–Kier alpha value is -1.66. The van der Waals surface area contributed by atoms with Crippen molar-refractivity contribution in [3.8, 4) is 17.2 Å². The van der Waals surface area contributed by atoms with E-state index in [4.69, 9.17) is 25.8 Å². The van der Waals surface area contributed by atoms with Crippen LogP contribution in [0.4, 0.5) is 0 Å². The minimum atomic E-state index is -1.24. The Bertz CT molecular complexity index is 773. The number of rotatable bonds is 3. The summed E-state index contributed by atoms with van der Waals surface area (Å²) in [5.74, 6) is 0.395. The van der Waals surface area contributed by atoms with Crippen LogP contribution in [-0.4, -0.2) is 37.6 Å². The molecule has 0 radical (unpaired) electrons. The summed E-state index contributed by atoms with van der Waals surface area (Å²) >= 11 is 7.70. The van der Waals surface area contributed by atoms with Gasteiger partial charge in [-0.25, -0.2) is 0 Å². The smallest absolute Gasteiger partial charge is 0.219 e. The van der Waals surface area contributed by atoms with Gasteiger partial charge in [0.25, 0.3) is 0 Å². The SMILES string of the molecule is COc1cc(OC)c2c(c1Cl)O[C@@]1(C2=O)C(SC)=CC(=O)C[C@@H]1C. The molecule has 1 spiro atoms. The van der Waals surface area contributed by atoms with E-state index in [1.165, 1.54) is 32.1 Å². The number of ether oxygens (including phenoxy) is 3. The van der Waals surface area contributed by atoms with Crippen LogP contribution in [0, 0.1) is 5.92 Å². The molecule has 3 rings (SSSR count). The first kappa shape index (κ1) is 17.2. The maximum atomic E-state index is 13.3. The largest absolute Gasteiger partial charge is 0.496 e. The Labute approximate surface area is 149 Å². The van der Waals surface area contributed by atoms with Gasteiger partial charge in [0.15, 0.2) is 11.5 Å². The number of fused-ring (bicyclic) bond motifs is 1. The molecule has 0 fully saturated rings. The van der Waals surface area contributed by atoms with Gasteiger partial charge >= 0.3 is 0 Å². The lowest BCUT2D eigenvalue weighted by molar-refractivity contribution is -0.117. The molecule has 0 saturated heterocycles. The van der Waals surface area contributed by atoms with Crippen LogP contribution in [0.25, 0.3) is 0 Å². The molecule has 2 aliphatic rings. The maximum Gasteiger partial charge on any atom is 0.219 e. The zero-order chi connectivity index (χ0) is 17.6. The van der Waals surface area contributed by atoms with Gasteiger partial charge in [0.1, 0.15) is 22.1 Å². The van der Waals surface area contributed by atoms with Gasteiger partial charge in [-0.2, -0.15) is 0 Å². The molecule has 0 amide bonds. The van der Waals surface area contributed by atoms with Gasteiger partial charge in [-0.05, 0) is 12.3 Å². The highest BCUT2D eigenvalue weighted by molar-refractivity contribution is 8.02. The van der Waals surface area contributed by atoms with Crippen molar-refractivity contribution >= 4 is 34.9 Å². The molecule has 0 unspecified atom stereocenters. The van der Waals surface area contributed by atoms with Crippen molar-refractivity contribution in [3.63, 3.8) is 0 Å². The third kappa shape index (κ3) is 2.16. The van der Waals surface area contributed by atoms with Crippen LogP contribution in [0.5, 0.6) is 17.2 Å². The first-order valence-corrected chi connectivity index (χ1v) is 8.98. The van der Waals surface area contributed by atoms with Crippen molar-refractivity contribution in [1.29, 1.82) is 0 Å². The van der Waals surface area contributed by atoms with Crippen molar-refractivity contribution in [2.24, 2.45) is 5.92 Å². The van der Waals surface area contributed by atoms with Crippen molar-refractivity contribution in [2.45, 2.75) is 18.9 Å². The Morgan fingerprint density at radius 3 is 2.54 bits per heavy atom. The molecule has 1 aliphatic carbocycles. The second-order valence-electron chi connectivity index (χ2n) is 5.75. The predicted octanol–water partition coefficient (Wildman–Crippen LogP) is 3.53. The molecule has 1 heterocycles. The molecular weight excluding hydrogens is 352 g/mol. The normalized spacial score (nSPS) is 25.4. The Balaban J connectivity index is 2.26. The number of carbonyl (C=O) groups excluding carboxylic acids is 2. The summed E-state index contributed by atoms with van der Waals surface area (Å²) in [5, 5.41) is 0.225. The fourth-order valence-electron chi connectivity index (χ4n) is 3.30. The molecule has 0 aromatic heterocycles. The van der Waals surface area contributed by atoms with E-state index in [1.54, 1.807) is 6.07 Å². The van der Waals surface area contributed by atoms with Gasteiger partial charge in [-0.3, -0.25) is 9.59 Å². The summed E-state index contributed by atoms with van der Waals surface area (Å²) in [6, 6.07) is 1.57. The molecule has 24 heavy (non-hydrogen) atoms. The van der Waals surface area contributed by atoms with E-state index in [0.717, 1.165) is 0 Å². The number of carbonyl (C=O) groups is 2. The van der Waals surface area contributed by atoms with Gasteiger partial charge in [-0.15, -0.1) is 11.8 Å². The first-order valence-electron chi connectivity index (χ1n) is 7.38. The number of ketones is 2. The minimum absolute atomic E-state index is 0.0135. The quantitative estimate of drug-likeness (QED) is 0.813. The molecule has 0 saturated carbocycles. The number of thioether (sulfide) groups is 1. The maximum absolute atomic E-state index is 13.3. The molecule has 0 N–H and O–H groups in total. The van der Waals surface area contributed by atoms with Crippen LogP contribution >= 0.6 is 23.4 Å². The summed E-state index contributed by atoms with van der Waals surface area (Å²) in [6.45, 7) is 1.84. The molecule has 7 heteroatoms. The number of benzene rings is 1. The summed E-state index contributed by atoms with van der Waals surface area (Å²) in [4.78, 5) is 25.8. The molecule has 1 aliphatic heterocycles. The number of methoxy groups -OCH3 is 2. The Morgan fingerprint density at radius 1 is 1.29 bits per heavy atom. The number of Topliss-reactive ketones (excluding diaryl/α,β-unsaturated/α-hetero) is 1. The Morgan fingerprint density at radius 2 is 1.96 bits per heavy atom. The fraction of sp³-hybridized carbons (Fsp3) is 0.412. The lowest BCUT2D eigenvalue weighted by Crippen LogP contribution is -2.50. The zero-order valence-corrected chi connectivity index (χ0v) is 15.3.